The molecule has 0 bridgehead atoms. The van der Waals surface area contributed by atoms with Crippen LogP contribution in [0.5, 0.6) is 23.0 Å². The van der Waals surface area contributed by atoms with Crippen molar-refractivity contribution in [2.75, 3.05) is 13.9 Å². The number of methoxy groups -OCH3 is 1. The van der Waals surface area contributed by atoms with Crippen molar-refractivity contribution in [2.24, 2.45) is 5.10 Å². The first-order chi connectivity index (χ1) is 20.8. The summed E-state index contributed by atoms with van der Waals surface area (Å²) in [5.74, 6) is 0.740. The Labute approximate surface area is 270 Å². The van der Waals surface area contributed by atoms with Crippen molar-refractivity contribution < 1.29 is 28.5 Å². The van der Waals surface area contributed by atoms with Crippen LogP contribution in [-0.2, 0) is 0 Å². The fourth-order valence-electron chi connectivity index (χ4n) is 4.65. The van der Waals surface area contributed by atoms with Gasteiger partial charge in [0.2, 0.25) is 6.79 Å². The van der Waals surface area contributed by atoms with Gasteiger partial charge in [0.1, 0.15) is 11.4 Å². The number of amides is 1. The van der Waals surface area contributed by atoms with Gasteiger partial charge in [0.25, 0.3) is 5.91 Å². The molecular formula is C31H20Br3N3O6. The molecule has 2 N–H and O–H groups in total. The standard InChI is InChI=1S/C31H20Br3N3O6/c1-40-23-10-8-20(33)26-25(16-5-3-2-4-6-16)28(36-27(23)26)30(38)37-35-14-18-11-19(32)13-21(34)29(18)43-31(39)17-7-9-22-24(12-17)42-15-41-22/h2-14,36H,15H2,1H3,(H,37,38). The van der Waals surface area contributed by atoms with Crippen LogP contribution in [0.15, 0.2) is 91.3 Å². The molecule has 0 saturated carbocycles. The molecule has 216 valence electrons. The summed E-state index contributed by atoms with van der Waals surface area (Å²) in [5.41, 5.74) is 5.80. The molecule has 6 rings (SSSR count). The number of benzene rings is 4. The smallest absolute Gasteiger partial charge is 0.343 e. The van der Waals surface area contributed by atoms with Gasteiger partial charge in [-0.15, -0.1) is 0 Å². The first-order valence-corrected chi connectivity index (χ1v) is 15.1. The van der Waals surface area contributed by atoms with Crippen LogP contribution >= 0.6 is 47.8 Å². The minimum atomic E-state index is -0.606. The molecule has 1 aliphatic rings. The van der Waals surface area contributed by atoms with Crippen molar-refractivity contribution in [3.05, 3.63) is 103 Å². The summed E-state index contributed by atoms with van der Waals surface area (Å²) in [7, 11) is 1.57. The molecule has 12 heteroatoms. The van der Waals surface area contributed by atoms with Gasteiger partial charge in [0, 0.05) is 25.5 Å². The molecule has 43 heavy (non-hydrogen) atoms. The number of fused-ring (bicyclic) bond motifs is 2. The Morgan fingerprint density at radius 2 is 1.74 bits per heavy atom. The van der Waals surface area contributed by atoms with Crippen molar-refractivity contribution in [1.29, 1.82) is 0 Å². The normalized spacial score (nSPS) is 12.1. The van der Waals surface area contributed by atoms with Crippen LogP contribution in [0.2, 0.25) is 0 Å². The van der Waals surface area contributed by atoms with E-state index >= 15 is 0 Å². The lowest BCUT2D eigenvalue weighted by molar-refractivity contribution is 0.0732. The van der Waals surface area contributed by atoms with Crippen molar-refractivity contribution in [1.82, 2.24) is 10.4 Å². The number of rotatable bonds is 7. The van der Waals surface area contributed by atoms with Crippen LogP contribution in [0.25, 0.3) is 22.0 Å². The molecule has 0 aliphatic carbocycles. The predicted octanol–water partition coefficient (Wildman–Crippen LogP) is 7.84. The van der Waals surface area contributed by atoms with Crippen LogP contribution in [0.4, 0.5) is 0 Å². The molecule has 0 saturated heterocycles. The van der Waals surface area contributed by atoms with Crippen LogP contribution in [0.1, 0.15) is 26.4 Å². The fraction of sp³-hybridized carbons (Fsp3) is 0.0645. The number of nitrogens with zero attached hydrogens (tertiary/aromatic N) is 1. The van der Waals surface area contributed by atoms with Crippen LogP contribution < -0.4 is 24.4 Å². The molecule has 0 radical (unpaired) electrons. The second kappa shape index (κ2) is 12.2. The molecule has 0 spiro atoms. The number of esters is 1. The van der Waals surface area contributed by atoms with Gasteiger partial charge in [-0.05, 0) is 64.0 Å². The molecule has 0 fully saturated rings. The largest absolute Gasteiger partial charge is 0.495 e. The number of ether oxygens (including phenoxy) is 4. The summed E-state index contributed by atoms with van der Waals surface area (Å²) in [4.78, 5) is 29.8. The number of halogens is 3. The molecule has 1 aliphatic heterocycles. The van der Waals surface area contributed by atoms with E-state index in [1.54, 1.807) is 37.4 Å². The van der Waals surface area contributed by atoms with E-state index in [1.165, 1.54) is 6.21 Å². The monoisotopic (exact) mass is 767 g/mol. The summed E-state index contributed by atoms with van der Waals surface area (Å²) in [6.07, 6.45) is 1.40. The Morgan fingerprint density at radius 1 is 0.953 bits per heavy atom. The maximum atomic E-state index is 13.5. The zero-order chi connectivity index (χ0) is 30.1. The van der Waals surface area contributed by atoms with E-state index in [1.807, 2.05) is 42.5 Å². The maximum Gasteiger partial charge on any atom is 0.343 e. The lowest BCUT2D eigenvalue weighted by Gasteiger charge is -2.11. The predicted molar refractivity (Wildman–Crippen MR) is 172 cm³/mol. The van der Waals surface area contributed by atoms with E-state index in [0.29, 0.717) is 48.5 Å². The molecule has 1 aromatic heterocycles. The van der Waals surface area contributed by atoms with Crippen LogP contribution in [-0.4, -0.2) is 37.0 Å². The number of carbonyl (C=O) groups excluding carboxylic acids is 2. The number of hydrazone groups is 1. The summed E-state index contributed by atoms with van der Waals surface area (Å²) in [5, 5.41) is 5.00. The molecule has 1 amide bonds. The number of H-pyrrole nitrogens is 1. The van der Waals surface area contributed by atoms with Gasteiger partial charge in [0.05, 0.1) is 28.9 Å². The fourth-order valence-corrected chi connectivity index (χ4v) is 6.52. The zero-order valence-electron chi connectivity index (χ0n) is 22.2. The molecule has 2 heterocycles. The maximum absolute atomic E-state index is 13.5. The third-order valence-corrected chi connectivity index (χ3v) is 8.29. The molecular weight excluding hydrogens is 750 g/mol. The summed E-state index contributed by atoms with van der Waals surface area (Å²) in [6, 6.07) is 21.5. The van der Waals surface area contributed by atoms with E-state index in [9.17, 15) is 9.59 Å². The Hall–Kier alpha value is -4.13. The Kier molecular flexibility index (Phi) is 8.24. The lowest BCUT2D eigenvalue weighted by atomic mass is 10.0. The summed E-state index contributed by atoms with van der Waals surface area (Å²) < 4.78 is 24.0. The average molecular weight is 770 g/mol. The van der Waals surface area contributed by atoms with Gasteiger partial charge in [0.15, 0.2) is 17.2 Å². The van der Waals surface area contributed by atoms with Crippen molar-refractivity contribution in [3.8, 4) is 34.1 Å². The van der Waals surface area contributed by atoms with Crippen LogP contribution in [0.3, 0.4) is 0 Å². The van der Waals surface area contributed by atoms with Gasteiger partial charge in [-0.2, -0.15) is 5.10 Å². The highest BCUT2D eigenvalue weighted by Crippen LogP contribution is 2.41. The Morgan fingerprint density at radius 3 is 2.53 bits per heavy atom. The highest BCUT2D eigenvalue weighted by atomic mass is 79.9. The first-order valence-electron chi connectivity index (χ1n) is 12.7. The second-order valence-corrected chi connectivity index (χ2v) is 11.8. The van der Waals surface area contributed by atoms with Gasteiger partial charge >= 0.3 is 5.97 Å². The van der Waals surface area contributed by atoms with E-state index in [4.69, 9.17) is 18.9 Å². The second-order valence-electron chi connectivity index (χ2n) is 9.20. The number of aromatic nitrogens is 1. The van der Waals surface area contributed by atoms with Gasteiger partial charge < -0.3 is 23.9 Å². The lowest BCUT2D eigenvalue weighted by Crippen LogP contribution is -2.19. The summed E-state index contributed by atoms with van der Waals surface area (Å²) in [6.45, 7) is 0.0919. The van der Waals surface area contributed by atoms with Gasteiger partial charge in [-0.1, -0.05) is 62.2 Å². The van der Waals surface area contributed by atoms with Crippen molar-refractivity contribution >= 4 is 76.8 Å². The Balaban J connectivity index is 1.30. The van der Waals surface area contributed by atoms with E-state index in [2.05, 4.69) is 63.3 Å². The van der Waals surface area contributed by atoms with E-state index < -0.39 is 11.9 Å². The highest BCUT2D eigenvalue weighted by molar-refractivity contribution is 9.11. The number of hydrogen-bond donors (Lipinski definition) is 2. The molecule has 4 aromatic carbocycles. The van der Waals surface area contributed by atoms with Crippen LogP contribution in [0, 0.1) is 0 Å². The molecule has 9 nitrogen and oxygen atoms in total. The molecule has 0 unspecified atom stereocenters. The Bertz CT molecular complexity index is 1920. The number of hydrogen-bond acceptors (Lipinski definition) is 7. The minimum absolute atomic E-state index is 0.0919. The average Bonchev–Trinajstić information content (AvgIpc) is 3.65. The highest BCUT2D eigenvalue weighted by Gasteiger charge is 2.23. The third-order valence-electron chi connectivity index (χ3n) is 6.59. The minimum Gasteiger partial charge on any atom is -0.495 e. The van der Waals surface area contributed by atoms with E-state index in [0.717, 1.165) is 15.4 Å². The summed E-state index contributed by atoms with van der Waals surface area (Å²) >= 11 is 10.5. The molecule has 0 atom stereocenters. The third kappa shape index (κ3) is 5.77. The van der Waals surface area contributed by atoms with Gasteiger partial charge in [-0.25, -0.2) is 10.2 Å². The van der Waals surface area contributed by atoms with Gasteiger partial charge in [-0.3, -0.25) is 4.79 Å². The zero-order valence-corrected chi connectivity index (χ0v) is 27.0. The quantitative estimate of drug-likeness (QED) is 0.0756. The number of aromatic amines is 1. The first kappa shape index (κ1) is 29.0. The SMILES string of the molecule is COc1ccc(Br)c2c(-c3ccccc3)c(C(=O)NN=Cc3cc(Br)cc(Br)c3OC(=O)c3ccc4c(c3)OCO4)[nH]c12. The van der Waals surface area contributed by atoms with Crippen molar-refractivity contribution in [2.45, 2.75) is 0 Å². The van der Waals surface area contributed by atoms with E-state index in [-0.39, 0.29) is 18.1 Å². The number of carbonyl (C=O) groups is 2. The van der Waals surface area contributed by atoms with Crippen molar-refractivity contribution in [3.63, 3.8) is 0 Å². The number of nitrogens with one attached hydrogen (secondary N) is 2. The topological polar surface area (TPSA) is 111 Å². The molecule has 5 aromatic rings.